The molecule has 0 bridgehead atoms. The van der Waals surface area contributed by atoms with Gasteiger partial charge < -0.3 is 9.64 Å². The highest BCUT2D eigenvalue weighted by Crippen LogP contribution is 2.28. The average Bonchev–Trinajstić information content (AvgIpc) is 2.71. The molecule has 1 amide bonds. The first-order valence-corrected chi connectivity index (χ1v) is 11.0. The molecule has 0 fully saturated rings. The van der Waals surface area contributed by atoms with Crippen LogP contribution in [0.2, 0.25) is 0 Å². The molecule has 0 heterocycles. The lowest BCUT2D eigenvalue weighted by atomic mass is 10.1. The summed E-state index contributed by atoms with van der Waals surface area (Å²) in [6.07, 6.45) is 1.12. The lowest BCUT2D eigenvalue weighted by molar-refractivity contribution is -0.128. The van der Waals surface area contributed by atoms with E-state index in [0.29, 0.717) is 12.2 Å². The number of carbonyl (C=O) groups excluding carboxylic acids is 1. The van der Waals surface area contributed by atoms with Crippen LogP contribution >= 0.6 is 0 Å². The highest BCUT2D eigenvalue weighted by Gasteiger charge is 2.24. The van der Waals surface area contributed by atoms with Gasteiger partial charge in [-0.1, -0.05) is 48.5 Å². The monoisotopic (exact) mass is 412 g/mol. The maximum atomic E-state index is 12.8. The van der Waals surface area contributed by atoms with Crippen LogP contribution in [-0.4, -0.2) is 46.2 Å². The van der Waals surface area contributed by atoms with Gasteiger partial charge >= 0.3 is 0 Å². The van der Waals surface area contributed by atoms with Crippen LogP contribution in [0.3, 0.4) is 0 Å². The molecule has 152 valence electrons. The maximum absolute atomic E-state index is 12.8. The SMILES string of the molecule is COc1ccc(CN(C)C(=O)CN(c2cccc3ccccc23)S(C)(=O)=O)cc1. The Morgan fingerprint density at radius 3 is 2.28 bits per heavy atom. The first-order valence-electron chi connectivity index (χ1n) is 9.12. The summed E-state index contributed by atoms with van der Waals surface area (Å²) in [5.41, 5.74) is 1.43. The molecule has 29 heavy (non-hydrogen) atoms. The molecular weight excluding hydrogens is 388 g/mol. The van der Waals surface area contributed by atoms with E-state index in [1.54, 1.807) is 26.3 Å². The molecule has 0 atom stereocenters. The number of benzene rings is 3. The molecule has 0 radical (unpaired) electrons. The highest BCUT2D eigenvalue weighted by molar-refractivity contribution is 7.92. The maximum Gasteiger partial charge on any atom is 0.243 e. The lowest BCUT2D eigenvalue weighted by Crippen LogP contribution is -2.41. The Labute approximate surface area is 171 Å². The zero-order chi connectivity index (χ0) is 21.0. The topological polar surface area (TPSA) is 66.9 Å². The Kier molecular flexibility index (Phi) is 6.08. The second-order valence-electron chi connectivity index (χ2n) is 6.87. The predicted octanol–water partition coefficient (Wildman–Crippen LogP) is 3.27. The number of sulfonamides is 1. The van der Waals surface area contributed by atoms with Gasteiger partial charge in [-0.25, -0.2) is 8.42 Å². The Balaban J connectivity index is 1.84. The first kappa shape index (κ1) is 20.7. The van der Waals surface area contributed by atoms with E-state index in [1.165, 1.54) is 9.21 Å². The molecule has 0 aliphatic carbocycles. The fourth-order valence-electron chi connectivity index (χ4n) is 3.14. The van der Waals surface area contributed by atoms with E-state index < -0.39 is 10.0 Å². The second kappa shape index (κ2) is 8.53. The normalized spacial score (nSPS) is 11.3. The van der Waals surface area contributed by atoms with E-state index in [0.717, 1.165) is 28.3 Å². The van der Waals surface area contributed by atoms with E-state index in [1.807, 2.05) is 54.6 Å². The molecule has 0 spiro atoms. The van der Waals surface area contributed by atoms with Crippen molar-refractivity contribution in [2.24, 2.45) is 0 Å². The summed E-state index contributed by atoms with van der Waals surface area (Å²) in [4.78, 5) is 14.4. The zero-order valence-electron chi connectivity index (χ0n) is 16.7. The van der Waals surface area contributed by atoms with E-state index in [-0.39, 0.29) is 12.5 Å². The molecule has 0 aliphatic rings. The van der Waals surface area contributed by atoms with E-state index in [4.69, 9.17) is 4.74 Å². The summed E-state index contributed by atoms with van der Waals surface area (Å²) in [5, 5.41) is 1.70. The van der Waals surface area contributed by atoms with Gasteiger partial charge in [-0.2, -0.15) is 0 Å². The Morgan fingerprint density at radius 1 is 0.966 bits per heavy atom. The number of rotatable bonds is 7. The van der Waals surface area contributed by atoms with E-state index in [9.17, 15) is 13.2 Å². The van der Waals surface area contributed by atoms with Gasteiger partial charge in [0.05, 0.1) is 19.1 Å². The van der Waals surface area contributed by atoms with Gasteiger partial charge in [0.15, 0.2) is 0 Å². The number of amides is 1. The largest absolute Gasteiger partial charge is 0.497 e. The summed E-state index contributed by atoms with van der Waals surface area (Å²) >= 11 is 0. The summed E-state index contributed by atoms with van der Waals surface area (Å²) in [5.74, 6) is 0.445. The van der Waals surface area contributed by atoms with Crippen molar-refractivity contribution < 1.29 is 17.9 Å². The molecule has 0 unspecified atom stereocenters. The number of hydrogen-bond donors (Lipinski definition) is 0. The fourth-order valence-corrected chi connectivity index (χ4v) is 4.00. The van der Waals surface area contributed by atoms with Crippen LogP contribution in [0.4, 0.5) is 5.69 Å². The van der Waals surface area contributed by atoms with Gasteiger partial charge in [0, 0.05) is 19.0 Å². The van der Waals surface area contributed by atoms with Crippen LogP contribution in [0.15, 0.2) is 66.7 Å². The van der Waals surface area contributed by atoms with Crippen molar-refractivity contribution in [1.29, 1.82) is 0 Å². The van der Waals surface area contributed by atoms with Gasteiger partial charge in [0.25, 0.3) is 0 Å². The number of likely N-dealkylation sites (N-methyl/N-ethyl adjacent to an activating group) is 1. The number of nitrogens with zero attached hydrogens (tertiary/aromatic N) is 2. The molecule has 7 heteroatoms. The van der Waals surface area contributed by atoms with Crippen molar-refractivity contribution in [1.82, 2.24) is 4.90 Å². The van der Waals surface area contributed by atoms with Crippen LogP contribution in [-0.2, 0) is 21.4 Å². The van der Waals surface area contributed by atoms with E-state index in [2.05, 4.69) is 0 Å². The quantitative estimate of drug-likeness (QED) is 0.597. The third kappa shape index (κ3) is 4.86. The molecule has 3 aromatic carbocycles. The zero-order valence-corrected chi connectivity index (χ0v) is 17.5. The van der Waals surface area contributed by atoms with Gasteiger partial charge in [-0.15, -0.1) is 0 Å². The summed E-state index contributed by atoms with van der Waals surface area (Å²) in [6.45, 7) is 0.107. The minimum absolute atomic E-state index is 0.264. The molecule has 6 nitrogen and oxygen atoms in total. The van der Waals surface area contributed by atoms with Crippen molar-refractivity contribution in [3.05, 3.63) is 72.3 Å². The Hall–Kier alpha value is -3.06. The molecule has 3 rings (SSSR count). The van der Waals surface area contributed by atoms with Crippen LogP contribution in [0, 0.1) is 0 Å². The Bertz CT molecular complexity index is 1110. The van der Waals surface area contributed by atoms with Crippen molar-refractivity contribution in [3.63, 3.8) is 0 Å². The number of hydrogen-bond acceptors (Lipinski definition) is 4. The van der Waals surface area contributed by atoms with Gasteiger partial charge in [-0.05, 0) is 29.1 Å². The minimum atomic E-state index is -3.65. The van der Waals surface area contributed by atoms with Crippen LogP contribution in [0.1, 0.15) is 5.56 Å². The van der Waals surface area contributed by atoms with Crippen molar-refractivity contribution in [2.75, 3.05) is 31.3 Å². The molecule has 0 aromatic heterocycles. The third-order valence-corrected chi connectivity index (χ3v) is 5.85. The minimum Gasteiger partial charge on any atom is -0.497 e. The van der Waals surface area contributed by atoms with Crippen molar-refractivity contribution in [2.45, 2.75) is 6.54 Å². The van der Waals surface area contributed by atoms with Gasteiger partial charge in [0.1, 0.15) is 12.3 Å². The van der Waals surface area contributed by atoms with Crippen LogP contribution < -0.4 is 9.04 Å². The van der Waals surface area contributed by atoms with Crippen LogP contribution in [0.5, 0.6) is 5.75 Å². The molecule has 0 saturated heterocycles. The summed E-state index contributed by atoms with van der Waals surface area (Å²) in [6, 6.07) is 20.3. The van der Waals surface area contributed by atoms with Crippen LogP contribution in [0.25, 0.3) is 10.8 Å². The van der Waals surface area contributed by atoms with Gasteiger partial charge in [-0.3, -0.25) is 9.10 Å². The van der Waals surface area contributed by atoms with Crippen molar-refractivity contribution >= 4 is 32.4 Å². The number of anilines is 1. The standard InChI is InChI=1S/C22H24N2O4S/c1-23(15-17-11-13-19(28-2)14-12-17)22(25)16-24(29(3,26)27)21-10-6-8-18-7-4-5-9-20(18)21/h4-14H,15-16H2,1-3H3. The fraction of sp³-hybridized carbons (Fsp3) is 0.227. The van der Waals surface area contributed by atoms with E-state index >= 15 is 0 Å². The summed E-state index contributed by atoms with van der Waals surface area (Å²) in [7, 11) is -0.393. The first-order chi connectivity index (χ1) is 13.8. The third-order valence-electron chi connectivity index (χ3n) is 4.72. The van der Waals surface area contributed by atoms with Gasteiger partial charge in [0.2, 0.25) is 15.9 Å². The molecule has 0 N–H and O–H groups in total. The number of ether oxygens (including phenoxy) is 1. The second-order valence-corrected chi connectivity index (χ2v) is 8.77. The smallest absolute Gasteiger partial charge is 0.243 e. The number of fused-ring (bicyclic) bond motifs is 1. The number of carbonyl (C=O) groups is 1. The molecular formula is C22H24N2O4S. The average molecular weight is 413 g/mol. The summed E-state index contributed by atoms with van der Waals surface area (Å²) < 4.78 is 31.3. The lowest BCUT2D eigenvalue weighted by Gasteiger charge is -2.26. The molecule has 3 aromatic rings. The Morgan fingerprint density at radius 2 is 1.62 bits per heavy atom. The van der Waals surface area contributed by atoms with Crippen molar-refractivity contribution in [3.8, 4) is 5.75 Å². The highest BCUT2D eigenvalue weighted by atomic mass is 32.2. The molecule has 0 saturated carbocycles. The molecule has 0 aliphatic heterocycles. The number of methoxy groups -OCH3 is 1. The predicted molar refractivity (Wildman–Crippen MR) is 116 cm³/mol.